The molecule has 0 radical (unpaired) electrons. The molecule has 0 saturated carbocycles. The molecular formula is C19H23N3OS. The topological polar surface area (TPSA) is 48.1 Å². The Morgan fingerprint density at radius 1 is 1.21 bits per heavy atom. The maximum absolute atomic E-state index is 12.6. The van der Waals surface area contributed by atoms with Crippen molar-refractivity contribution in [2.45, 2.75) is 41.8 Å². The lowest BCUT2D eigenvalue weighted by atomic mass is 9.79. The number of nitrogens with one attached hydrogen (secondary N) is 2. The van der Waals surface area contributed by atoms with E-state index in [2.05, 4.69) is 22.1 Å². The summed E-state index contributed by atoms with van der Waals surface area (Å²) in [7, 11) is 0. The number of H-pyrrole nitrogens is 1. The molecule has 126 valence electrons. The van der Waals surface area contributed by atoms with Gasteiger partial charge in [-0.25, -0.2) is 0 Å². The molecule has 0 aliphatic carbocycles. The Morgan fingerprint density at radius 3 is 2.58 bits per heavy atom. The molecule has 1 aromatic carbocycles. The highest BCUT2D eigenvalue weighted by Crippen LogP contribution is 2.32. The van der Waals surface area contributed by atoms with Gasteiger partial charge < -0.3 is 10.3 Å². The molecule has 3 aliphatic rings. The first kappa shape index (κ1) is 15.8. The Kier molecular flexibility index (Phi) is 4.37. The second-order valence-corrected chi connectivity index (χ2v) is 7.89. The average Bonchev–Trinajstić information content (AvgIpc) is 3.12. The van der Waals surface area contributed by atoms with Gasteiger partial charge in [-0.15, -0.1) is 0 Å². The van der Waals surface area contributed by atoms with Gasteiger partial charge in [-0.1, -0.05) is 11.8 Å². The second kappa shape index (κ2) is 6.65. The number of carbonyl (C=O) groups excluding carboxylic acids is 1. The molecule has 5 heteroatoms. The number of fused-ring (bicyclic) bond motifs is 3. The number of amides is 1. The largest absolute Gasteiger partial charge is 0.356 e. The molecule has 2 aromatic rings. The summed E-state index contributed by atoms with van der Waals surface area (Å²) in [5.41, 5.74) is 0.745. The van der Waals surface area contributed by atoms with Crippen LogP contribution in [-0.4, -0.2) is 41.0 Å². The van der Waals surface area contributed by atoms with Gasteiger partial charge in [-0.3, -0.25) is 9.69 Å². The highest BCUT2D eigenvalue weighted by atomic mass is 32.2. The van der Waals surface area contributed by atoms with Crippen molar-refractivity contribution in [2.24, 2.45) is 5.92 Å². The summed E-state index contributed by atoms with van der Waals surface area (Å²) in [6.07, 6.45) is 4.33. The molecule has 5 rings (SSSR count). The quantitative estimate of drug-likeness (QED) is 0.896. The van der Waals surface area contributed by atoms with Gasteiger partial charge in [0.05, 0.1) is 5.03 Å². The zero-order valence-electron chi connectivity index (χ0n) is 13.9. The minimum atomic E-state index is 0.0528. The lowest BCUT2D eigenvalue weighted by molar-refractivity contribution is 0.0217. The fraction of sp³-hybridized carbons (Fsp3) is 0.421. The lowest BCUT2D eigenvalue weighted by Gasteiger charge is -2.49. The van der Waals surface area contributed by atoms with Crippen LogP contribution in [0.2, 0.25) is 0 Å². The number of hydrogen-bond donors (Lipinski definition) is 2. The summed E-state index contributed by atoms with van der Waals surface area (Å²) >= 11 is 1.67. The third-order valence-corrected chi connectivity index (χ3v) is 6.37. The van der Waals surface area contributed by atoms with Gasteiger partial charge in [0.1, 0.15) is 0 Å². The smallest absolute Gasteiger partial charge is 0.251 e. The van der Waals surface area contributed by atoms with Gasteiger partial charge in [0, 0.05) is 28.7 Å². The van der Waals surface area contributed by atoms with Crippen molar-refractivity contribution in [3.63, 3.8) is 0 Å². The zero-order valence-corrected chi connectivity index (χ0v) is 14.7. The van der Waals surface area contributed by atoms with E-state index >= 15 is 0 Å². The van der Waals surface area contributed by atoms with E-state index in [1.165, 1.54) is 25.9 Å². The Balaban J connectivity index is 1.41. The summed E-state index contributed by atoms with van der Waals surface area (Å²) in [4.78, 5) is 19.4. The Hall–Kier alpha value is -1.72. The SMILES string of the molecule is C[C@H]1[C@H](NC(=O)c2ccc(Sc3ccc[nH]3)cc2)C2CCN1CC2. The zero-order chi connectivity index (χ0) is 16.5. The summed E-state index contributed by atoms with van der Waals surface area (Å²) in [6, 6.07) is 12.6. The van der Waals surface area contributed by atoms with Gasteiger partial charge in [0.25, 0.3) is 5.91 Å². The van der Waals surface area contributed by atoms with Crippen molar-refractivity contribution in [1.82, 2.24) is 15.2 Å². The number of piperidine rings is 3. The van der Waals surface area contributed by atoms with E-state index in [0.717, 1.165) is 15.5 Å². The number of benzene rings is 1. The van der Waals surface area contributed by atoms with Crippen LogP contribution in [0, 0.1) is 5.92 Å². The normalized spacial score (nSPS) is 28.7. The standard InChI is InChI=1S/C19H23N3OS/c1-13-18(14-8-11-22(13)12-9-14)21-19(23)15-4-6-16(7-5-15)24-17-3-2-10-20-17/h2-7,10,13-14,18,20H,8-9,11-12H2,1H3,(H,21,23)/t13-,18-/m0/s1. The first-order valence-corrected chi connectivity index (χ1v) is 9.48. The Morgan fingerprint density at radius 2 is 1.96 bits per heavy atom. The molecule has 3 saturated heterocycles. The molecule has 24 heavy (non-hydrogen) atoms. The van der Waals surface area contributed by atoms with Crippen LogP contribution >= 0.6 is 11.8 Å². The van der Waals surface area contributed by atoms with Gasteiger partial charge in [0.15, 0.2) is 0 Å². The van der Waals surface area contributed by atoms with Crippen molar-refractivity contribution in [3.8, 4) is 0 Å². The van der Waals surface area contributed by atoms with E-state index in [1.54, 1.807) is 11.8 Å². The van der Waals surface area contributed by atoms with E-state index < -0.39 is 0 Å². The molecule has 1 amide bonds. The van der Waals surface area contributed by atoms with Crippen LogP contribution in [0.3, 0.4) is 0 Å². The first-order valence-electron chi connectivity index (χ1n) is 8.67. The predicted octanol–water partition coefficient (Wildman–Crippen LogP) is 3.38. The van der Waals surface area contributed by atoms with Crippen LogP contribution in [0.25, 0.3) is 0 Å². The molecule has 4 heterocycles. The minimum Gasteiger partial charge on any atom is -0.356 e. The van der Waals surface area contributed by atoms with E-state index in [-0.39, 0.29) is 11.9 Å². The molecule has 2 atom stereocenters. The van der Waals surface area contributed by atoms with E-state index in [0.29, 0.717) is 12.0 Å². The Bertz CT molecular complexity index is 688. The summed E-state index contributed by atoms with van der Waals surface area (Å²) in [5, 5.41) is 4.39. The van der Waals surface area contributed by atoms with E-state index in [1.807, 2.05) is 42.6 Å². The molecular weight excluding hydrogens is 318 g/mol. The lowest BCUT2D eigenvalue weighted by Crippen LogP contribution is -2.62. The molecule has 3 aliphatic heterocycles. The maximum Gasteiger partial charge on any atom is 0.251 e. The fourth-order valence-corrected chi connectivity index (χ4v) is 4.76. The van der Waals surface area contributed by atoms with E-state index in [4.69, 9.17) is 0 Å². The van der Waals surface area contributed by atoms with Crippen molar-refractivity contribution in [2.75, 3.05) is 13.1 Å². The van der Waals surface area contributed by atoms with Crippen LogP contribution < -0.4 is 5.32 Å². The number of aromatic nitrogens is 1. The number of carbonyl (C=O) groups is 1. The molecule has 1 aromatic heterocycles. The first-order chi connectivity index (χ1) is 11.7. The molecule has 4 nitrogen and oxygen atoms in total. The number of aromatic amines is 1. The molecule has 0 spiro atoms. The van der Waals surface area contributed by atoms with Crippen LogP contribution in [-0.2, 0) is 0 Å². The number of hydrogen-bond acceptors (Lipinski definition) is 3. The van der Waals surface area contributed by atoms with Crippen molar-refractivity contribution >= 4 is 17.7 Å². The Labute approximate surface area is 147 Å². The van der Waals surface area contributed by atoms with Crippen molar-refractivity contribution in [3.05, 3.63) is 48.2 Å². The number of rotatable bonds is 4. The maximum atomic E-state index is 12.6. The fourth-order valence-electron chi connectivity index (χ4n) is 3.96. The van der Waals surface area contributed by atoms with Crippen molar-refractivity contribution in [1.29, 1.82) is 0 Å². The second-order valence-electron chi connectivity index (χ2n) is 6.77. The summed E-state index contributed by atoms with van der Waals surface area (Å²) < 4.78 is 0. The molecule has 3 fully saturated rings. The van der Waals surface area contributed by atoms with Gasteiger partial charge in [-0.2, -0.15) is 0 Å². The van der Waals surface area contributed by atoms with Crippen LogP contribution in [0.15, 0.2) is 52.5 Å². The monoisotopic (exact) mass is 341 g/mol. The molecule has 0 unspecified atom stereocenters. The molecule has 2 N–H and O–H groups in total. The number of nitrogens with zero attached hydrogens (tertiary/aromatic N) is 1. The third kappa shape index (κ3) is 3.10. The van der Waals surface area contributed by atoms with Crippen molar-refractivity contribution < 1.29 is 4.79 Å². The van der Waals surface area contributed by atoms with Crippen LogP contribution in [0.5, 0.6) is 0 Å². The van der Waals surface area contributed by atoms with Gasteiger partial charge in [-0.05, 0) is 75.2 Å². The molecule has 2 bridgehead atoms. The highest BCUT2D eigenvalue weighted by molar-refractivity contribution is 7.99. The third-order valence-electron chi connectivity index (χ3n) is 5.39. The van der Waals surface area contributed by atoms with Crippen LogP contribution in [0.1, 0.15) is 30.1 Å². The minimum absolute atomic E-state index is 0.0528. The predicted molar refractivity (Wildman–Crippen MR) is 96.4 cm³/mol. The summed E-state index contributed by atoms with van der Waals surface area (Å²) in [6.45, 7) is 4.61. The van der Waals surface area contributed by atoms with Gasteiger partial charge >= 0.3 is 0 Å². The average molecular weight is 341 g/mol. The highest BCUT2D eigenvalue weighted by Gasteiger charge is 2.40. The van der Waals surface area contributed by atoms with E-state index in [9.17, 15) is 4.79 Å². The van der Waals surface area contributed by atoms with Crippen LogP contribution in [0.4, 0.5) is 0 Å². The van der Waals surface area contributed by atoms with Gasteiger partial charge in [0.2, 0.25) is 0 Å². The summed E-state index contributed by atoms with van der Waals surface area (Å²) in [5.74, 6) is 0.689.